The van der Waals surface area contributed by atoms with Gasteiger partial charge in [-0.3, -0.25) is 0 Å². The fraction of sp³-hybridized carbons (Fsp3) is 0.200. The van der Waals surface area contributed by atoms with Gasteiger partial charge in [0.15, 0.2) is 0 Å². The summed E-state index contributed by atoms with van der Waals surface area (Å²) in [6.45, 7) is 5.63. The molecule has 5 rings (SSSR count). The van der Waals surface area contributed by atoms with Crippen LogP contribution in [0.3, 0.4) is 0 Å². The van der Waals surface area contributed by atoms with Gasteiger partial charge in [-0.15, -0.1) is 0 Å². The number of allylic oxidation sites excluding steroid dienone is 1. The Morgan fingerprint density at radius 3 is 2.53 bits per heavy atom. The minimum Gasteiger partial charge on any atom is -0.451 e. The Kier molecular flexibility index (Phi) is 4.74. The van der Waals surface area contributed by atoms with E-state index in [2.05, 4.69) is 20.8 Å². The molecule has 1 aliphatic rings. The number of benzene rings is 3. The number of rotatable bonds is 4. The number of nitrogens with zero attached hydrogens (tertiary/aromatic N) is 4. The highest BCUT2D eigenvalue weighted by molar-refractivity contribution is 5.95. The van der Waals surface area contributed by atoms with Crippen molar-refractivity contribution in [2.45, 2.75) is 32.4 Å². The van der Waals surface area contributed by atoms with E-state index in [4.69, 9.17) is 4.74 Å². The Balaban J connectivity index is 1.62. The molecule has 0 amide bonds. The molecule has 3 aromatic carbocycles. The van der Waals surface area contributed by atoms with Crippen molar-refractivity contribution in [2.75, 3.05) is 5.32 Å². The summed E-state index contributed by atoms with van der Waals surface area (Å²) in [6.07, 6.45) is 0. The maximum atomic E-state index is 13.6. The van der Waals surface area contributed by atoms with E-state index in [0.717, 1.165) is 21.9 Å². The van der Waals surface area contributed by atoms with E-state index in [9.17, 15) is 4.79 Å². The molecule has 160 valence electrons. The second-order valence-electron chi connectivity index (χ2n) is 8.35. The van der Waals surface area contributed by atoms with Crippen molar-refractivity contribution in [1.29, 1.82) is 0 Å². The van der Waals surface area contributed by atoms with Crippen molar-refractivity contribution in [3.63, 3.8) is 0 Å². The predicted octanol–water partition coefficient (Wildman–Crippen LogP) is 4.59. The minimum absolute atomic E-state index is 0.414. The molecule has 1 aliphatic heterocycles. The molecule has 4 aromatic rings. The summed E-state index contributed by atoms with van der Waals surface area (Å²) < 4.78 is 7.71. The van der Waals surface area contributed by atoms with Gasteiger partial charge in [0, 0.05) is 5.70 Å². The molecule has 1 unspecified atom stereocenters. The quantitative estimate of drug-likeness (QED) is 0.482. The fourth-order valence-corrected chi connectivity index (χ4v) is 4.24. The maximum absolute atomic E-state index is 13.6. The highest BCUT2D eigenvalue weighted by Crippen LogP contribution is 2.39. The lowest BCUT2D eigenvalue weighted by atomic mass is 9.91. The van der Waals surface area contributed by atoms with Crippen molar-refractivity contribution in [1.82, 2.24) is 20.2 Å². The van der Waals surface area contributed by atoms with E-state index in [1.54, 1.807) is 4.68 Å². The summed E-state index contributed by atoms with van der Waals surface area (Å²) in [4.78, 5) is 13.6. The van der Waals surface area contributed by atoms with Gasteiger partial charge in [-0.1, -0.05) is 77.9 Å². The molecule has 1 aromatic heterocycles. The number of carbonyl (C=O) groups is 1. The lowest BCUT2D eigenvalue weighted by Crippen LogP contribution is -2.33. The molecule has 32 heavy (non-hydrogen) atoms. The Morgan fingerprint density at radius 2 is 1.72 bits per heavy atom. The molecule has 7 heteroatoms. The smallest absolute Gasteiger partial charge is 0.339 e. The van der Waals surface area contributed by atoms with Crippen molar-refractivity contribution >= 4 is 22.7 Å². The molecule has 7 nitrogen and oxygen atoms in total. The monoisotopic (exact) mass is 425 g/mol. The van der Waals surface area contributed by atoms with E-state index in [1.807, 2.05) is 93.6 Å². The first-order valence-corrected chi connectivity index (χ1v) is 10.5. The predicted molar refractivity (Wildman–Crippen MR) is 122 cm³/mol. The summed E-state index contributed by atoms with van der Waals surface area (Å²) in [6, 6.07) is 23.3. The van der Waals surface area contributed by atoms with Crippen LogP contribution in [0, 0.1) is 0 Å². The lowest BCUT2D eigenvalue weighted by molar-refractivity contribution is -0.153. The second-order valence-corrected chi connectivity index (χ2v) is 8.35. The van der Waals surface area contributed by atoms with Crippen molar-refractivity contribution in [3.8, 4) is 0 Å². The number of nitrogens with one attached hydrogen (secondary N) is 1. The average molecular weight is 425 g/mol. The summed E-state index contributed by atoms with van der Waals surface area (Å²) in [5.74, 6) is 0.0715. The highest BCUT2D eigenvalue weighted by atomic mass is 16.6. The Bertz CT molecular complexity index is 1340. The van der Waals surface area contributed by atoms with E-state index < -0.39 is 17.6 Å². The minimum atomic E-state index is -0.810. The number of carbonyl (C=O) groups excluding carboxylic acids is 1. The third-order valence-electron chi connectivity index (χ3n) is 5.87. The molecule has 0 saturated heterocycles. The molecule has 2 heterocycles. The van der Waals surface area contributed by atoms with Crippen molar-refractivity contribution in [2.24, 2.45) is 0 Å². The first-order valence-electron chi connectivity index (χ1n) is 10.5. The molecule has 1 atom stereocenters. The number of hydrogen-bond donors (Lipinski definition) is 1. The van der Waals surface area contributed by atoms with Gasteiger partial charge in [0.1, 0.15) is 11.6 Å². The first kappa shape index (κ1) is 19.9. The highest BCUT2D eigenvalue weighted by Gasteiger charge is 2.38. The van der Waals surface area contributed by atoms with Gasteiger partial charge in [-0.2, -0.15) is 4.68 Å². The summed E-state index contributed by atoms with van der Waals surface area (Å²) in [5, 5.41) is 17.4. The van der Waals surface area contributed by atoms with Crippen LogP contribution in [-0.2, 0) is 15.1 Å². The standard InChI is InChI=1S/C25H23N5O2/c1-16-21(23(31)32-25(2,3)18-12-5-4-6-13-18)22(30-24(26-16)27-28-29-30)20-15-9-11-17-10-7-8-14-19(17)20/h4-15,22H,1-3H3,(H,26,27,29). The normalized spacial score (nSPS) is 15.9. The van der Waals surface area contributed by atoms with Gasteiger partial charge < -0.3 is 10.1 Å². The number of hydrogen-bond acceptors (Lipinski definition) is 6. The van der Waals surface area contributed by atoms with Crippen LogP contribution in [0.15, 0.2) is 84.1 Å². The van der Waals surface area contributed by atoms with Crippen LogP contribution in [0.4, 0.5) is 5.95 Å². The molecule has 0 radical (unpaired) electrons. The summed E-state index contributed by atoms with van der Waals surface area (Å²) in [7, 11) is 0. The third-order valence-corrected chi connectivity index (χ3v) is 5.87. The number of tetrazole rings is 1. The van der Waals surface area contributed by atoms with E-state index in [-0.39, 0.29) is 0 Å². The summed E-state index contributed by atoms with van der Waals surface area (Å²) in [5.41, 5.74) is 2.18. The van der Waals surface area contributed by atoms with Crippen molar-refractivity contribution in [3.05, 3.63) is 95.2 Å². The number of esters is 1. The molecule has 0 saturated carbocycles. The van der Waals surface area contributed by atoms with Crippen LogP contribution in [0.1, 0.15) is 37.9 Å². The zero-order valence-corrected chi connectivity index (χ0v) is 18.1. The number of ether oxygens (including phenoxy) is 1. The molecule has 0 bridgehead atoms. The van der Waals surface area contributed by atoms with Gasteiger partial charge in [0.05, 0.1) is 5.57 Å². The largest absolute Gasteiger partial charge is 0.451 e. The Hall–Kier alpha value is -4.00. The van der Waals surface area contributed by atoms with Gasteiger partial charge in [0.25, 0.3) is 0 Å². The Labute approximate surface area is 185 Å². The van der Waals surface area contributed by atoms with Crippen molar-refractivity contribution < 1.29 is 9.53 Å². The van der Waals surface area contributed by atoms with Gasteiger partial charge >= 0.3 is 5.97 Å². The zero-order chi connectivity index (χ0) is 22.3. The van der Waals surface area contributed by atoms with E-state index in [0.29, 0.717) is 17.2 Å². The molecular formula is C25H23N5O2. The third kappa shape index (κ3) is 3.32. The van der Waals surface area contributed by atoms with Gasteiger partial charge in [-0.25, -0.2) is 4.79 Å². The SMILES string of the molecule is CC1=C(C(=O)OC(C)(C)c2ccccc2)C(c2cccc3ccccc23)n2nnnc2N1. The average Bonchev–Trinajstić information content (AvgIpc) is 3.26. The number of fused-ring (bicyclic) bond motifs is 2. The maximum Gasteiger partial charge on any atom is 0.339 e. The summed E-state index contributed by atoms with van der Waals surface area (Å²) >= 11 is 0. The topological polar surface area (TPSA) is 81.9 Å². The van der Waals surface area contributed by atoms with Crippen LogP contribution in [0.25, 0.3) is 10.8 Å². The van der Waals surface area contributed by atoms with Crippen LogP contribution in [-0.4, -0.2) is 26.2 Å². The number of anilines is 1. The van der Waals surface area contributed by atoms with Crippen LogP contribution in [0.2, 0.25) is 0 Å². The van der Waals surface area contributed by atoms with Crippen LogP contribution < -0.4 is 5.32 Å². The zero-order valence-electron chi connectivity index (χ0n) is 18.1. The second kappa shape index (κ2) is 7.60. The van der Waals surface area contributed by atoms with Crippen LogP contribution in [0.5, 0.6) is 0 Å². The molecule has 0 fully saturated rings. The van der Waals surface area contributed by atoms with E-state index in [1.165, 1.54) is 0 Å². The van der Waals surface area contributed by atoms with E-state index >= 15 is 0 Å². The van der Waals surface area contributed by atoms with Crippen LogP contribution >= 0.6 is 0 Å². The first-order chi connectivity index (χ1) is 15.5. The van der Waals surface area contributed by atoms with Gasteiger partial charge in [0.2, 0.25) is 5.95 Å². The Morgan fingerprint density at radius 1 is 1.00 bits per heavy atom. The fourth-order valence-electron chi connectivity index (χ4n) is 4.24. The molecule has 0 spiro atoms. The molecule has 0 aliphatic carbocycles. The van der Waals surface area contributed by atoms with Gasteiger partial charge in [-0.05, 0) is 53.1 Å². The molecular weight excluding hydrogens is 402 g/mol. The lowest BCUT2D eigenvalue weighted by Gasteiger charge is -2.31. The number of aromatic nitrogens is 4. The molecule has 1 N–H and O–H groups in total.